The van der Waals surface area contributed by atoms with E-state index < -0.39 is 0 Å². The van der Waals surface area contributed by atoms with E-state index in [1.54, 1.807) is 0 Å². The number of anilines is 1. The maximum Gasteiger partial charge on any atom is 0.0992 e. The average Bonchev–Trinajstić information content (AvgIpc) is 3.97. The van der Waals surface area contributed by atoms with E-state index in [9.17, 15) is 10.5 Å². The smallest absolute Gasteiger partial charge is 0.0992 e. The molecule has 10 aromatic rings. The van der Waals surface area contributed by atoms with Crippen LogP contribution in [0.1, 0.15) is 34.6 Å². The lowest BCUT2D eigenvalue weighted by atomic mass is 9.84. The molecule has 3 atom stereocenters. The van der Waals surface area contributed by atoms with Crippen molar-refractivity contribution >= 4 is 33.1 Å². The molecule has 2 aliphatic carbocycles. The molecule has 13 rings (SSSR count). The molecule has 0 spiro atoms. The molecule has 3 aliphatic rings. The fourth-order valence-electron chi connectivity index (χ4n) is 11.4. The Bertz CT molecular complexity index is 3970. The second-order valence-corrected chi connectivity index (χ2v) is 19.1. The summed E-state index contributed by atoms with van der Waals surface area (Å²) in [5, 5.41) is 22.5. The van der Waals surface area contributed by atoms with Gasteiger partial charge in [-0.1, -0.05) is 164 Å². The number of aromatic nitrogens is 1. The van der Waals surface area contributed by atoms with Crippen molar-refractivity contribution in [3.8, 4) is 73.5 Å². The maximum atomic E-state index is 10.1. The Morgan fingerprint density at radius 3 is 1.51 bits per heavy atom. The van der Waals surface area contributed by atoms with Crippen LogP contribution >= 0.6 is 0 Å². The summed E-state index contributed by atoms with van der Waals surface area (Å²) in [6.07, 6.45) is 17.0. The normalized spacial score (nSPS) is 16.6. The highest BCUT2D eigenvalue weighted by molar-refractivity contribution is 6.11. The van der Waals surface area contributed by atoms with Crippen LogP contribution in [-0.2, 0) is 0 Å². The van der Waals surface area contributed by atoms with Crippen molar-refractivity contribution in [1.29, 1.82) is 10.5 Å². The molecule has 9 aromatic carbocycles. The van der Waals surface area contributed by atoms with E-state index >= 15 is 0 Å². The summed E-state index contributed by atoms with van der Waals surface area (Å²) in [6, 6.07) is 78.5. The molecule has 1 aromatic heterocycles. The van der Waals surface area contributed by atoms with Gasteiger partial charge in [-0.15, -0.1) is 0 Å². The number of hydrogen-bond acceptors (Lipinski definition) is 3. The molecular formula is C68H46N4. The van der Waals surface area contributed by atoms with Crippen LogP contribution in [-0.4, -0.2) is 16.7 Å². The first kappa shape index (κ1) is 42.6. The van der Waals surface area contributed by atoms with Crippen LogP contribution in [0.15, 0.2) is 249 Å². The number of allylic oxidation sites excluding steroid dienone is 4. The largest absolute Gasteiger partial charge is 0.357 e. The van der Waals surface area contributed by atoms with Crippen molar-refractivity contribution in [2.24, 2.45) is 0 Å². The molecule has 338 valence electrons. The quantitative estimate of drug-likeness (QED) is 0.153. The number of fused-ring (bicyclic) bond motifs is 6. The molecule has 4 heteroatoms. The molecule has 3 unspecified atom stereocenters. The lowest BCUT2D eigenvalue weighted by Gasteiger charge is -2.35. The fourth-order valence-corrected chi connectivity index (χ4v) is 11.4. The van der Waals surface area contributed by atoms with E-state index in [-0.39, 0.29) is 18.0 Å². The van der Waals surface area contributed by atoms with E-state index in [2.05, 4.69) is 210 Å². The molecule has 0 radical (unpaired) electrons. The predicted octanol–water partition coefficient (Wildman–Crippen LogP) is 16.7. The molecule has 72 heavy (non-hydrogen) atoms. The first-order valence-corrected chi connectivity index (χ1v) is 24.7. The Labute approximate surface area is 419 Å². The molecular weight excluding hydrogens is 873 g/mol. The molecule has 2 heterocycles. The van der Waals surface area contributed by atoms with Gasteiger partial charge in [-0.05, 0) is 164 Å². The maximum absolute atomic E-state index is 10.1. The van der Waals surface area contributed by atoms with Gasteiger partial charge in [0.25, 0.3) is 0 Å². The number of benzene rings is 9. The summed E-state index contributed by atoms with van der Waals surface area (Å²) >= 11 is 0. The van der Waals surface area contributed by atoms with Crippen LogP contribution in [0.4, 0.5) is 5.69 Å². The fraction of sp³-hybridized carbons (Fsp3) is 0.0588. The number of hydrogen-bond donors (Lipinski definition) is 0. The van der Waals surface area contributed by atoms with Crippen LogP contribution in [0.5, 0.6) is 0 Å². The van der Waals surface area contributed by atoms with Crippen LogP contribution < -0.4 is 4.90 Å². The van der Waals surface area contributed by atoms with Gasteiger partial charge in [0.1, 0.15) is 0 Å². The van der Waals surface area contributed by atoms with Crippen molar-refractivity contribution < 1.29 is 0 Å². The molecule has 0 saturated heterocycles. The summed E-state index contributed by atoms with van der Waals surface area (Å²) in [7, 11) is 0. The highest BCUT2D eigenvalue weighted by Gasteiger charge is 2.40. The molecule has 4 nitrogen and oxygen atoms in total. The highest BCUT2D eigenvalue weighted by atomic mass is 15.2. The minimum Gasteiger partial charge on any atom is -0.357 e. The van der Waals surface area contributed by atoms with Gasteiger partial charge in [-0.3, -0.25) is 0 Å². The minimum atomic E-state index is 0.135. The van der Waals surface area contributed by atoms with Gasteiger partial charge in [0, 0.05) is 28.1 Å². The third-order valence-corrected chi connectivity index (χ3v) is 14.8. The van der Waals surface area contributed by atoms with Crippen LogP contribution in [0.25, 0.3) is 88.7 Å². The molecule has 0 amide bonds. The lowest BCUT2D eigenvalue weighted by molar-refractivity contribution is 0.615. The Hall–Kier alpha value is -9.48. The van der Waals surface area contributed by atoms with Gasteiger partial charge >= 0.3 is 0 Å². The summed E-state index contributed by atoms with van der Waals surface area (Å²) in [4.78, 5) is 2.61. The van der Waals surface area contributed by atoms with E-state index in [1.165, 1.54) is 27.8 Å². The average molecular weight is 919 g/mol. The zero-order chi connectivity index (χ0) is 48.1. The Morgan fingerprint density at radius 2 is 0.931 bits per heavy atom. The Balaban J connectivity index is 0.870. The van der Waals surface area contributed by atoms with Crippen molar-refractivity contribution in [3.05, 3.63) is 271 Å². The van der Waals surface area contributed by atoms with Gasteiger partial charge in [-0.2, -0.15) is 10.5 Å². The van der Waals surface area contributed by atoms with E-state index in [1.807, 2.05) is 60.7 Å². The zero-order valence-electron chi connectivity index (χ0n) is 39.4. The first-order chi connectivity index (χ1) is 35.6. The van der Waals surface area contributed by atoms with E-state index in [4.69, 9.17) is 0 Å². The molecule has 0 N–H and O–H groups in total. The third-order valence-electron chi connectivity index (χ3n) is 14.8. The van der Waals surface area contributed by atoms with E-state index in [0.29, 0.717) is 11.1 Å². The van der Waals surface area contributed by atoms with Crippen molar-refractivity contribution in [1.82, 2.24) is 4.57 Å². The van der Waals surface area contributed by atoms with Gasteiger partial charge in [-0.25, -0.2) is 0 Å². The number of nitrogens with zero attached hydrogens (tertiary/aromatic N) is 4. The highest BCUT2D eigenvalue weighted by Crippen LogP contribution is 2.49. The number of nitriles is 2. The van der Waals surface area contributed by atoms with Gasteiger partial charge in [0.05, 0.1) is 46.4 Å². The van der Waals surface area contributed by atoms with Crippen LogP contribution in [0.2, 0.25) is 0 Å². The predicted molar refractivity (Wildman–Crippen MR) is 297 cm³/mol. The van der Waals surface area contributed by atoms with Gasteiger partial charge < -0.3 is 9.47 Å². The summed E-state index contributed by atoms with van der Waals surface area (Å²) in [5.74, 6) is 0.135. The SMILES string of the molecule is N#Cc1cc(C2=CC3c4cc(-c5ccc(-c6ccc7c(c6)c6cc(-c8cc(C#N)cc(-c9ccccc9)c8)ccc6n7-c6ccccc6)cc5)ccc4N(C4C=CC=CC4)C3C=C2)cc(-c2ccccc2)c1. The van der Waals surface area contributed by atoms with Gasteiger partial charge in [0.15, 0.2) is 0 Å². The lowest BCUT2D eigenvalue weighted by Crippen LogP contribution is -2.40. The molecule has 0 fully saturated rings. The monoisotopic (exact) mass is 918 g/mol. The summed E-state index contributed by atoms with van der Waals surface area (Å²) < 4.78 is 2.36. The zero-order valence-corrected chi connectivity index (χ0v) is 39.4. The molecule has 1 aliphatic heterocycles. The first-order valence-electron chi connectivity index (χ1n) is 24.7. The van der Waals surface area contributed by atoms with Crippen molar-refractivity contribution in [2.45, 2.75) is 24.4 Å². The Kier molecular flexibility index (Phi) is 10.5. The second-order valence-electron chi connectivity index (χ2n) is 19.1. The molecule has 0 bridgehead atoms. The topological polar surface area (TPSA) is 55.8 Å². The van der Waals surface area contributed by atoms with Crippen LogP contribution in [0, 0.1) is 22.7 Å². The van der Waals surface area contributed by atoms with Crippen molar-refractivity contribution in [2.75, 3.05) is 4.90 Å². The summed E-state index contributed by atoms with van der Waals surface area (Å²) in [5.41, 5.74) is 20.4. The molecule has 0 saturated carbocycles. The number of para-hydroxylation sites is 1. The van der Waals surface area contributed by atoms with Crippen LogP contribution in [0.3, 0.4) is 0 Å². The van der Waals surface area contributed by atoms with Crippen molar-refractivity contribution in [3.63, 3.8) is 0 Å². The number of rotatable bonds is 8. The third kappa shape index (κ3) is 7.55. The minimum absolute atomic E-state index is 0.135. The Morgan fingerprint density at radius 1 is 0.431 bits per heavy atom. The van der Waals surface area contributed by atoms with E-state index in [0.717, 1.165) is 84.2 Å². The summed E-state index contributed by atoms with van der Waals surface area (Å²) in [6.45, 7) is 0. The standard InChI is InChI=1S/C68H46N4/c69-43-45-33-55(47-13-5-1-6-14-47)37-57(35-45)53-27-31-67-63(41-53)61-39-51(25-29-65(61)71(67)59-17-9-3-10-18-59)49-21-23-50(24-22-49)52-26-30-66-62(40-52)64-42-54(28-32-68(64)72(66)60-19-11-4-12-20-60)58-36-46(44-70)34-56(38-58)48-15-7-2-8-16-48/h1-19,21-42,60,64,68H,20H2. The second kappa shape index (κ2) is 17.8. The van der Waals surface area contributed by atoms with Gasteiger partial charge in [0.2, 0.25) is 0 Å².